The number of nitro groups is 1. The minimum atomic E-state index is -0.578. The lowest BCUT2D eigenvalue weighted by molar-refractivity contribution is -0.384. The van der Waals surface area contributed by atoms with E-state index in [1.54, 1.807) is 22.3 Å². The van der Waals surface area contributed by atoms with Gasteiger partial charge in [0.25, 0.3) is 5.69 Å². The molecule has 198 valence electrons. The number of hydrogen-bond acceptors (Lipinski definition) is 7. The fraction of sp³-hybridized carbons (Fsp3) is 0.290. The standard InChI is InChI=1S/C31H30N4O3S/c1-18-10-11-21(35(37)38)16-23(18)34-24-14-20(19-8-6-5-7-9-19)15-25(36)29(24)28(22(17-32)30(34)33)26-12-13-27(39-26)31(2,3)4/h5-13,16,20,28H,14-15,33H2,1-4H3/t20-,28+/m0/s1. The average molecular weight is 539 g/mol. The number of aryl methyl sites for hydroxylation is 1. The molecular weight excluding hydrogens is 508 g/mol. The van der Waals surface area contributed by atoms with Gasteiger partial charge in [0.2, 0.25) is 0 Å². The van der Waals surface area contributed by atoms with Crippen LogP contribution < -0.4 is 10.6 Å². The van der Waals surface area contributed by atoms with E-state index >= 15 is 0 Å². The second-order valence-corrected chi connectivity index (χ2v) is 12.3. The molecule has 2 aromatic carbocycles. The van der Waals surface area contributed by atoms with Crippen LogP contribution >= 0.6 is 11.3 Å². The van der Waals surface area contributed by atoms with E-state index in [9.17, 15) is 20.2 Å². The molecule has 1 aliphatic heterocycles. The third-order valence-electron chi connectivity index (χ3n) is 7.53. The van der Waals surface area contributed by atoms with Crippen molar-refractivity contribution in [1.82, 2.24) is 0 Å². The Kier molecular flexibility index (Phi) is 6.65. The molecule has 0 fully saturated rings. The molecule has 5 rings (SSSR count). The van der Waals surface area contributed by atoms with Crippen molar-refractivity contribution >= 4 is 28.5 Å². The van der Waals surface area contributed by atoms with E-state index in [1.165, 1.54) is 12.1 Å². The fourth-order valence-corrected chi connectivity index (χ4v) is 6.70. The van der Waals surface area contributed by atoms with Crippen molar-refractivity contribution in [2.24, 2.45) is 5.73 Å². The van der Waals surface area contributed by atoms with Crippen LogP contribution in [-0.2, 0) is 10.2 Å². The van der Waals surface area contributed by atoms with Crippen molar-refractivity contribution in [3.8, 4) is 6.07 Å². The summed E-state index contributed by atoms with van der Waals surface area (Å²) < 4.78 is 0. The maximum atomic E-state index is 14.0. The van der Waals surface area contributed by atoms with Gasteiger partial charge in [0.05, 0.1) is 28.2 Å². The minimum absolute atomic E-state index is 0.0332. The van der Waals surface area contributed by atoms with Crippen LogP contribution in [0.5, 0.6) is 0 Å². The van der Waals surface area contributed by atoms with Crippen LogP contribution in [0.1, 0.15) is 66.3 Å². The maximum Gasteiger partial charge on any atom is 0.271 e. The summed E-state index contributed by atoms with van der Waals surface area (Å²) in [5.41, 5.74) is 10.5. The van der Waals surface area contributed by atoms with Crippen LogP contribution in [0.3, 0.4) is 0 Å². The summed E-state index contributed by atoms with van der Waals surface area (Å²) in [6.45, 7) is 8.24. The number of nitro benzene ring substituents is 1. The molecule has 0 saturated heterocycles. The number of nitriles is 1. The Morgan fingerprint density at radius 3 is 2.44 bits per heavy atom. The normalized spacial score (nSPS) is 19.7. The van der Waals surface area contributed by atoms with E-state index < -0.39 is 10.8 Å². The van der Waals surface area contributed by atoms with Gasteiger partial charge in [0.15, 0.2) is 5.78 Å². The van der Waals surface area contributed by atoms with Gasteiger partial charge < -0.3 is 5.73 Å². The Bertz CT molecular complexity index is 1590. The molecule has 0 saturated carbocycles. The monoisotopic (exact) mass is 538 g/mol. The summed E-state index contributed by atoms with van der Waals surface area (Å²) >= 11 is 1.59. The highest BCUT2D eigenvalue weighted by Gasteiger charge is 2.44. The first kappa shape index (κ1) is 26.4. The first-order valence-electron chi connectivity index (χ1n) is 12.9. The molecule has 3 aromatic rings. The SMILES string of the molecule is Cc1ccc([N+](=O)[O-])cc1N1C(N)=C(C#N)[C@H](c2ccc(C(C)(C)C)s2)C2=C1C[C@H](c1ccccc1)CC2=O. The molecule has 8 heteroatoms. The van der Waals surface area contributed by atoms with E-state index in [-0.39, 0.29) is 34.2 Å². The highest BCUT2D eigenvalue weighted by atomic mass is 32.1. The van der Waals surface area contributed by atoms with Crippen LogP contribution in [0.15, 0.2) is 83.3 Å². The fourth-order valence-electron chi connectivity index (χ4n) is 5.51. The number of Topliss-reactive ketones (excluding diaryl/α,β-unsaturated/α-hetero) is 1. The number of rotatable bonds is 4. The zero-order valence-corrected chi connectivity index (χ0v) is 23.2. The summed E-state index contributed by atoms with van der Waals surface area (Å²) in [5.74, 6) is -0.485. The molecule has 2 atom stereocenters. The van der Waals surface area contributed by atoms with Crippen molar-refractivity contribution in [3.05, 3.63) is 114 Å². The predicted octanol–water partition coefficient (Wildman–Crippen LogP) is 6.96. The van der Waals surface area contributed by atoms with Crippen molar-refractivity contribution in [1.29, 1.82) is 5.26 Å². The number of allylic oxidation sites excluding steroid dienone is 3. The Balaban J connectivity index is 1.76. The van der Waals surface area contributed by atoms with E-state index in [4.69, 9.17) is 5.73 Å². The number of thiophene rings is 1. The van der Waals surface area contributed by atoms with Gasteiger partial charge in [-0.15, -0.1) is 11.3 Å². The zero-order chi connectivity index (χ0) is 28.1. The number of carbonyl (C=O) groups is 1. The van der Waals surface area contributed by atoms with Crippen LogP contribution in [0.2, 0.25) is 0 Å². The topological polar surface area (TPSA) is 113 Å². The molecule has 39 heavy (non-hydrogen) atoms. The first-order chi connectivity index (χ1) is 18.5. The number of anilines is 1. The Morgan fingerprint density at radius 1 is 1.10 bits per heavy atom. The molecule has 2 N–H and O–H groups in total. The van der Waals surface area contributed by atoms with Crippen LogP contribution in [0.4, 0.5) is 11.4 Å². The first-order valence-corrected chi connectivity index (χ1v) is 13.7. The second-order valence-electron chi connectivity index (χ2n) is 11.2. The third-order valence-corrected chi connectivity index (χ3v) is 9.11. The van der Waals surface area contributed by atoms with Gasteiger partial charge in [-0.05, 0) is 47.9 Å². The highest BCUT2D eigenvalue weighted by molar-refractivity contribution is 7.12. The molecule has 2 aliphatic rings. The molecule has 0 spiro atoms. The van der Waals surface area contributed by atoms with Gasteiger partial charge in [-0.2, -0.15) is 5.26 Å². The Hall–Kier alpha value is -4.22. The smallest absolute Gasteiger partial charge is 0.271 e. The van der Waals surface area contributed by atoms with E-state index in [0.29, 0.717) is 29.8 Å². The molecule has 0 radical (unpaired) electrons. The number of benzene rings is 2. The Labute approximate surface area is 232 Å². The summed E-state index contributed by atoms with van der Waals surface area (Å²) in [5, 5.41) is 22.1. The lowest BCUT2D eigenvalue weighted by atomic mass is 9.73. The zero-order valence-electron chi connectivity index (χ0n) is 22.4. The molecule has 0 amide bonds. The quantitative estimate of drug-likeness (QED) is 0.284. The largest absolute Gasteiger partial charge is 0.384 e. The van der Waals surface area contributed by atoms with Crippen molar-refractivity contribution in [2.75, 3.05) is 4.90 Å². The van der Waals surface area contributed by atoms with Crippen molar-refractivity contribution in [3.63, 3.8) is 0 Å². The molecule has 1 aromatic heterocycles. The second kappa shape index (κ2) is 9.83. The van der Waals surface area contributed by atoms with Gasteiger partial charge in [-0.3, -0.25) is 19.8 Å². The van der Waals surface area contributed by atoms with Crippen LogP contribution in [0.25, 0.3) is 0 Å². The van der Waals surface area contributed by atoms with Crippen molar-refractivity contribution < 1.29 is 9.72 Å². The molecule has 2 heterocycles. The number of nitrogens with zero attached hydrogens (tertiary/aromatic N) is 3. The van der Waals surface area contributed by atoms with Gasteiger partial charge in [0, 0.05) is 39.6 Å². The van der Waals surface area contributed by atoms with E-state index in [2.05, 4.69) is 32.9 Å². The number of hydrogen-bond donors (Lipinski definition) is 1. The summed E-state index contributed by atoms with van der Waals surface area (Å²) in [6, 6.07) is 20.8. The van der Waals surface area contributed by atoms with E-state index in [1.807, 2.05) is 43.3 Å². The van der Waals surface area contributed by atoms with Gasteiger partial charge in [-0.25, -0.2) is 0 Å². The minimum Gasteiger partial charge on any atom is -0.384 e. The third kappa shape index (κ3) is 4.64. The van der Waals surface area contributed by atoms with Crippen molar-refractivity contribution in [2.45, 2.75) is 57.8 Å². The Morgan fingerprint density at radius 2 is 1.82 bits per heavy atom. The summed E-state index contributed by atoms with van der Waals surface area (Å²) in [7, 11) is 0. The lowest BCUT2D eigenvalue weighted by Crippen LogP contribution is -2.40. The molecular formula is C31H30N4O3S. The summed E-state index contributed by atoms with van der Waals surface area (Å²) in [6.07, 6.45) is 0.831. The predicted molar refractivity (Wildman–Crippen MR) is 153 cm³/mol. The van der Waals surface area contributed by atoms with Crippen LogP contribution in [0, 0.1) is 28.4 Å². The van der Waals surface area contributed by atoms with Gasteiger partial charge >= 0.3 is 0 Å². The van der Waals surface area contributed by atoms with Crippen LogP contribution in [-0.4, -0.2) is 10.7 Å². The molecule has 0 unspecified atom stereocenters. The number of carbonyl (C=O) groups excluding carboxylic acids is 1. The molecule has 0 bridgehead atoms. The average Bonchev–Trinajstić information content (AvgIpc) is 3.40. The number of nitrogens with two attached hydrogens (primary N) is 1. The molecule has 7 nitrogen and oxygen atoms in total. The van der Waals surface area contributed by atoms with E-state index in [0.717, 1.165) is 20.9 Å². The number of non-ortho nitro benzene ring substituents is 1. The maximum absolute atomic E-state index is 14.0. The van der Waals surface area contributed by atoms with Gasteiger partial charge in [0.1, 0.15) is 5.82 Å². The highest BCUT2D eigenvalue weighted by Crippen LogP contribution is 2.51. The lowest BCUT2D eigenvalue weighted by Gasteiger charge is -2.41. The van der Waals surface area contributed by atoms with Gasteiger partial charge in [-0.1, -0.05) is 57.2 Å². The summed E-state index contributed by atoms with van der Waals surface area (Å²) in [4.78, 5) is 29.0. The number of ketones is 1. The molecule has 1 aliphatic carbocycles.